The van der Waals surface area contributed by atoms with Crippen LogP contribution in [0.4, 0.5) is 5.82 Å². The second-order valence-electron chi connectivity index (χ2n) is 4.49. The molecule has 1 heterocycles. The topological polar surface area (TPSA) is 34.1 Å². The van der Waals surface area contributed by atoms with E-state index >= 15 is 0 Å². The fourth-order valence-electron chi connectivity index (χ4n) is 1.68. The maximum atomic E-state index is 5.78. The first kappa shape index (κ1) is 13.9. The van der Waals surface area contributed by atoms with Crippen molar-refractivity contribution >= 4 is 21.7 Å². The van der Waals surface area contributed by atoms with Crippen LogP contribution in [0.15, 0.2) is 47.1 Å². The number of para-hydroxylation sites is 1. The Morgan fingerprint density at radius 2 is 2.00 bits per heavy atom. The predicted octanol–water partition coefficient (Wildman–Crippen LogP) is 4.24. The first-order valence-corrected chi connectivity index (χ1v) is 7.04. The summed E-state index contributed by atoms with van der Waals surface area (Å²) in [5, 5.41) is 3.29. The third-order valence-electron chi connectivity index (χ3n) is 2.52. The molecule has 0 fully saturated rings. The van der Waals surface area contributed by atoms with Gasteiger partial charge in [-0.2, -0.15) is 0 Å². The summed E-state index contributed by atoms with van der Waals surface area (Å²) in [4.78, 5) is 4.29. The molecule has 2 rings (SSSR count). The molecule has 2 aromatic rings. The van der Waals surface area contributed by atoms with Crippen molar-refractivity contribution in [2.45, 2.75) is 26.5 Å². The van der Waals surface area contributed by atoms with E-state index < -0.39 is 0 Å². The van der Waals surface area contributed by atoms with E-state index in [4.69, 9.17) is 4.74 Å². The number of rotatable bonds is 5. The van der Waals surface area contributed by atoms with Crippen molar-refractivity contribution in [1.82, 2.24) is 4.98 Å². The van der Waals surface area contributed by atoms with Crippen molar-refractivity contribution in [1.29, 1.82) is 0 Å². The minimum absolute atomic E-state index is 0.173. The van der Waals surface area contributed by atoms with Gasteiger partial charge in [0.05, 0.1) is 6.10 Å². The van der Waals surface area contributed by atoms with E-state index in [1.54, 1.807) is 6.20 Å². The van der Waals surface area contributed by atoms with E-state index in [0.29, 0.717) is 6.54 Å². The highest BCUT2D eigenvalue weighted by Crippen LogP contribution is 2.20. The van der Waals surface area contributed by atoms with E-state index in [1.165, 1.54) is 0 Å². The molecule has 0 unspecified atom stereocenters. The Balaban J connectivity index is 2.04. The zero-order valence-corrected chi connectivity index (χ0v) is 12.6. The third kappa shape index (κ3) is 4.24. The molecule has 0 amide bonds. The van der Waals surface area contributed by atoms with Gasteiger partial charge < -0.3 is 10.1 Å². The van der Waals surface area contributed by atoms with Crippen LogP contribution in [-0.4, -0.2) is 11.1 Å². The number of aromatic nitrogens is 1. The van der Waals surface area contributed by atoms with Crippen LogP contribution in [0.2, 0.25) is 0 Å². The van der Waals surface area contributed by atoms with E-state index in [2.05, 4.69) is 32.3 Å². The van der Waals surface area contributed by atoms with E-state index in [9.17, 15) is 0 Å². The van der Waals surface area contributed by atoms with Crippen molar-refractivity contribution < 1.29 is 4.74 Å². The summed E-state index contributed by atoms with van der Waals surface area (Å²) in [5.41, 5.74) is 1.13. The minimum atomic E-state index is 0.173. The molecule has 0 aliphatic rings. The maximum absolute atomic E-state index is 5.78. The van der Waals surface area contributed by atoms with Crippen molar-refractivity contribution in [2.24, 2.45) is 0 Å². The number of nitrogens with zero attached hydrogens (tertiary/aromatic N) is 1. The van der Waals surface area contributed by atoms with Gasteiger partial charge in [0, 0.05) is 22.8 Å². The molecule has 0 radical (unpaired) electrons. The van der Waals surface area contributed by atoms with Gasteiger partial charge in [0.1, 0.15) is 11.6 Å². The first-order valence-electron chi connectivity index (χ1n) is 6.25. The number of anilines is 1. The van der Waals surface area contributed by atoms with Gasteiger partial charge in [0.2, 0.25) is 0 Å². The summed E-state index contributed by atoms with van der Waals surface area (Å²) in [7, 11) is 0. The molecule has 100 valence electrons. The number of hydrogen-bond donors (Lipinski definition) is 1. The second-order valence-corrected chi connectivity index (χ2v) is 5.41. The molecule has 0 spiro atoms. The molecule has 19 heavy (non-hydrogen) atoms. The standard InChI is InChI=1S/C15H17BrN2O/c1-11(2)19-14-6-4-3-5-12(14)9-17-15-8-7-13(16)10-18-15/h3-8,10-11H,9H2,1-2H3,(H,17,18). The summed E-state index contributed by atoms with van der Waals surface area (Å²) < 4.78 is 6.76. The van der Waals surface area contributed by atoms with Crippen LogP contribution in [-0.2, 0) is 6.54 Å². The van der Waals surface area contributed by atoms with E-state index in [-0.39, 0.29) is 6.10 Å². The van der Waals surface area contributed by atoms with Crippen molar-refractivity contribution in [3.63, 3.8) is 0 Å². The average Bonchev–Trinajstić information content (AvgIpc) is 2.39. The maximum Gasteiger partial charge on any atom is 0.126 e. The van der Waals surface area contributed by atoms with Crippen molar-refractivity contribution in [3.05, 3.63) is 52.6 Å². The molecule has 1 aromatic heterocycles. The van der Waals surface area contributed by atoms with Gasteiger partial charge in [0.15, 0.2) is 0 Å². The SMILES string of the molecule is CC(C)Oc1ccccc1CNc1ccc(Br)cn1. The molecule has 4 heteroatoms. The highest BCUT2D eigenvalue weighted by Gasteiger charge is 2.05. The molecule has 0 aliphatic heterocycles. The molecule has 1 N–H and O–H groups in total. The van der Waals surface area contributed by atoms with Gasteiger partial charge in [0.25, 0.3) is 0 Å². The lowest BCUT2D eigenvalue weighted by Crippen LogP contribution is -2.09. The minimum Gasteiger partial charge on any atom is -0.491 e. The lowest BCUT2D eigenvalue weighted by Gasteiger charge is -2.14. The van der Waals surface area contributed by atoms with Crippen LogP contribution in [0.25, 0.3) is 0 Å². The largest absolute Gasteiger partial charge is 0.491 e. The molecule has 3 nitrogen and oxygen atoms in total. The zero-order valence-electron chi connectivity index (χ0n) is 11.1. The number of nitrogens with one attached hydrogen (secondary N) is 1. The second kappa shape index (κ2) is 6.57. The monoisotopic (exact) mass is 320 g/mol. The summed E-state index contributed by atoms with van der Waals surface area (Å²) in [6, 6.07) is 12.0. The van der Waals surface area contributed by atoms with Gasteiger partial charge in [-0.15, -0.1) is 0 Å². The van der Waals surface area contributed by atoms with Crippen LogP contribution >= 0.6 is 15.9 Å². The highest BCUT2D eigenvalue weighted by molar-refractivity contribution is 9.10. The fraction of sp³-hybridized carbons (Fsp3) is 0.267. The Labute approximate surface area is 122 Å². The number of hydrogen-bond acceptors (Lipinski definition) is 3. The summed E-state index contributed by atoms with van der Waals surface area (Å²) in [6.45, 7) is 4.75. The molecule has 0 saturated heterocycles. The number of ether oxygens (including phenoxy) is 1. The number of pyridine rings is 1. The van der Waals surface area contributed by atoms with Crippen LogP contribution in [0, 0.1) is 0 Å². The van der Waals surface area contributed by atoms with E-state index in [0.717, 1.165) is 21.6 Å². The smallest absolute Gasteiger partial charge is 0.126 e. The van der Waals surface area contributed by atoms with E-state index in [1.807, 2.05) is 44.2 Å². The predicted molar refractivity (Wildman–Crippen MR) is 81.5 cm³/mol. The average molecular weight is 321 g/mol. The van der Waals surface area contributed by atoms with Crippen LogP contribution < -0.4 is 10.1 Å². The molecule has 0 saturated carbocycles. The molecule has 0 atom stereocenters. The Morgan fingerprint density at radius 3 is 2.68 bits per heavy atom. The fourth-order valence-corrected chi connectivity index (χ4v) is 1.92. The molecule has 1 aromatic carbocycles. The molecular formula is C15H17BrN2O. The molecule has 0 bridgehead atoms. The van der Waals surface area contributed by atoms with Gasteiger partial charge in [-0.25, -0.2) is 4.98 Å². The first-order chi connectivity index (χ1) is 9.15. The Bertz CT molecular complexity index is 526. The van der Waals surface area contributed by atoms with Crippen LogP contribution in [0.5, 0.6) is 5.75 Å². The van der Waals surface area contributed by atoms with Gasteiger partial charge >= 0.3 is 0 Å². The van der Waals surface area contributed by atoms with Crippen LogP contribution in [0.1, 0.15) is 19.4 Å². The summed E-state index contributed by atoms with van der Waals surface area (Å²) >= 11 is 3.37. The van der Waals surface area contributed by atoms with Crippen molar-refractivity contribution in [2.75, 3.05) is 5.32 Å². The van der Waals surface area contributed by atoms with Gasteiger partial charge in [-0.05, 0) is 48.0 Å². The van der Waals surface area contributed by atoms with Crippen molar-refractivity contribution in [3.8, 4) is 5.75 Å². The lowest BCUT2D eigenvalue weighted by atomic mass is 10.2. The van der Waals surface area contributed by atoms with Gasteiger partial charge in [-0.3, -0.25) is 0 Å². The quantitative estimate of drug-likeness (QED) is 0.894. The summed E-state index contributed by atoms with van der Waals surface area (Å²) in [5.74, 6) is 1.77. The zero-order chi connectivity index (χ0) is 13.7. The third-order valence-corrected chi connectivity index (χ3v) is 2.99. The summed E-state index contributed by atoms with van der Waals surface area (Å²) in [6.07, 6.45) is 1.95. The highest BCUT2D eigenvalue weighted by atomic mass is 79.9. The Hall–Kier alpha value is -1.55. The van der Waals surface area contributed by atoms with Gasteiger partial charge in [-0.1, -0.05) is 18.2 Å². The normalized spacial score (nSPS) is 10.5. The number of halogens is 1. The lowest BCUT2D eigenvalue weighted by molar-refractivity contribution is 0.240. The Kier molecular flexibility index (Phi) is 4.80. The van der Waals surface area contributed by atoms with Crippen LogP contribution in [0.3, 0.4) is 0 Å². The molecular weight excluding hydrogens is 304 g/mol. The molecule has 0 aliphatic carbocycles. The Morgan fingerprint density at radius 1 is 1.21 bits per heavy atom. The number of benzene rings is 1.